The first-order chi connectivity index (χ1) is 21.3. The average Bonchev–Trinajstić information content (AvgIpc) is 3.61. The molecule has 1 aromatic rings. The van der Waals surface area contributed by atoms with Crippen LogP contribution in [0.1, 0.15) is 26.0 Å². The molecular weight excluding hydrogens is 731 g/mol. The quantitative estimate of drug-likeness (QED) is 0.0491. The van der Waals surface area contributed by atoms with Crippen molar-refractivity contribution in [2.75, 3.05) is 92.2 Å². The van der Waals surface area contributed by atoms with Gasteiger partial charge in [0.15, 0.2) is 0 Å². The van der Waals surface area contributed by atoms with Crippen LogP contribution in [0.15, 0.2) is 17.8 Å². The van der Waals surface area contributed by atoms with E-state index >= 15 is 0 Å². The van der Waals surface area contributed by atoms with Crippen molar-refractivity contribution in [2.24, 2.45) is 24.8 Å². The summed E-state index contributed by atoms with van der Waals surface area (Å²) in [4.78, 5) is 37.8. The van der Waals surface area contributed by atoms with Crippen LogP contribution in [-0.2, 0) is 45.1 Å². The molecule has 14 nitrogen and oxygen atoms in total. The number of carbonyl (C=O) groups is 2. The van der Waals surface area contributed by atoms with Crippen molar-refractivity contribution in [1.82, 2.24) is 25.3 Å². The second-order valence-corrected chi connectivity index (χ2v) is 10.7. The van der Waals surface area contributed by atoms with Gasteiger partial charge in [0.05, 0.1) is 77.7 Å². The van der Waals surface area contributed by atoms with E-state index in [2.05, 4.69) is 29.6 Å². The molecule has 0 aliphatic carbocycles. The van der Waals surface area contributed by atoms with Gasteiger partial charge < -0.3 is 44.0 Å². The van der Waals surface area contributed by atoms with Crippen molar-refractivity contribution in [1.29, 1.82) is 5.26 Å². The van der Waals surface area contributed by atoms with Crippen molar-refractivity contribution in [2.45, 2.75) is 20.3 Å². The Balaban J connectivity index is 0.0000101. The monoisotopic (exact) mass is 778 g/mol. The predicted octanol–water partition coefficient (Wildman–Crippen LogP) is 0.304. The topological polar surface area (TPSA) is 166 Å². The summed E-state index contributed by atoms with van der Waals surface area (Å²) in [6, 6.07) is 3.72. The van der Waals surface area contributed by atoms with Gasteiger partial charge in [0.1, 0.15) is 11.6 Å². The van der Waals surface area contributed by atoms with E-state index in [9.17, 15) is 19.6 Å². The van der Waals surface area contributed by atoms with Gasteiger partial charge in [0.2, 0.25) is 5.91 Å². The van der Waals surface area contributed by atoms with Crippen molar-refractivity contribution in [3.05, 3.63) is 23.5 Å². The Morgan fingerprint density at radius 3 is 2.04 bits per heavy atom. The fourth-order valence-electron chi connectivity index (χ4n) is 4.68. The largest absolute Gasteiger partial charge is 0.528 e. The Kier molecular flexibility index (Phi) is 22.8. The molecule has 0 aromatic carbocycles. The first-order valence-corrected chi connectivity index (χ1v) is 15.0. The number of carbonyl (C=O) groups excluding carboxylic acids is 3. The van der Waals surface area contributed by atoms with Crippen LogP contribution in [-0.4, -0.2) is 125 Å². The molecule has 1 aliphatic rings. The molecule has 3 amide bonds. The van der Waals surface area contributed by atoms with Crippen LogP contribution >= 0.6 is 0 Å². The van der Waals surface area contributed by atoms with E-state index in [4.69, 9.17) is 23.7 Å². The van der Waals surface area contributed by atoms with Crippen LogP contribution < -0.4 is 10.6 Å². The standard InChI is InChI=1S/C30H47N6O8.Tb/c1-24(2)18-26-21-36(30(39)25(20-31)19-27-4-7-35(3)34-27)22-28(26)29(38)33-6-9-41-11-13-43-15-17-44-16-14-42-12-10-40-8-5-32-23-37;/h4,7,19,24,26,28H,5-6,8-18,21-22H2,1-3H3,(H,32,37)(H,33,38);/q-1;/b25-19+;/t26-,28-;/m1./s1. The average molecular weight is 779 g/mol. The minimum absolute atomic E-state index is 0. The zero-order valence-electron chi connectivity index (χ0n) is 26.5. The third kappa shape index (κ3) is 17.4. The Labute approximate surface area is 296 Å². The van der Waals surface area contributed by atoms with Crippen LogP contribution in [0.5, 0.6) is 0 Å². The summed E-state index contributed by atoms with van der Waals surface area (Å²) in [6.07, 6.45) is 5.60. The van der Waals surface area contributed by atoms with E-state index in [1.165, 1.54) is 6.08 Å². The molecule has 1 radical (unpaired) electrons. The van der Waals surface area contributed by atoms with E-state index in [0.29, 0.717) is 97.3 Å². The summed E-state index contributed by atoms with van der Waals surface area (Å²) >= 11 is 0. The Bertz CT molecular complexity index is 1060. The first kappa shape index (κ1) is 41.0. The predicted molar refractivity (Wildman–Crippen MR) is 161 cm³/mol. The van der Waals surface area contributed by atoms with Crippen molar-refractivity contribution in [3.8, 4) is 6.07 Å². The molecule has 1 aromatic heterocycles. The molecule has 2 atom stereocenters. The number of hydrogen-bond acceptors (Lipinski definition) is 10. The number of nitrogens with one attached hydrogen (secondary N) is 2. The van der Waals surface area contributed by atoms with Gasteiger partial charge >= 0.3 is 0 Å². The molecule has 0 bridgehead atoms. The molecule has 2 heterocycles. The molecule has 255 valence electrons. The summed E-state index contributed by atoms with van der Waals surface area (Å²) in [5, 5.41) is 19.2. The molecule has 2 rings (SSSR count). The van der Waals surface area contributed by atoms with Crippen LogP contribution in [0.2, 0.25) is 0 Å². The normalized spacial score (nSPS) is 16.3. The van der Waals surface area contributed by atoms with Gasteiger partial charge in [-0.15, -0.1) is 0 Å². The fraction of sp³-hybridized carbons (Fsp3) is 0.700. The molecule has 1 saturated heterocycles. The smallest absolute Gasteiger partial charge is 0.264 e. The Hall–Kier alpha value is -2.06. The van der Waals surface area contributed by atoms with E-state index < -0.39 is 0 Å². The van der Waals surface area contributed by atoms with E-state index in [1.807, 2.05) is 6.07 Å². The molecular formula is C30H47N6O8Tb-. The summed E-state index contributed by atoms with van der Waals surface area (Å²) in [5.74, 6) is -0.481. The molecule has 45 heavy (non-hydrogen) atoms. The minimum atomic E-state index is -0.383. The summed E-state index contributed by atoms with van der Waals surface area (Å²) in [7, 11) is 1.77. The Morgan fingerprint density at radius 1 is 1.00 bits per heavy atom. The number of nitrogens with zero attached hydrogens (tertiary/aromatic N) is 4. The van der Waals surface area contributed by atoms with Gasteiger partial charge in [-0.05, 0) is 30.4 Å². The number of nitriles is 1. The van der Waals surface area contributed by atoms with Crippen LogP contribution in [0, 0.1) is 67.7 Å². The third-order valence-corrected chi connectivity index (χ3v) is 6.69. The minimum Gasteiger partial charge on any atom is -0.528 e. The molecule has 1 aliphatic heterocycles. The summed E-state index contributed by atoms with van der Waals surface area (Å²) in [5.41, 5.74) is 0.535. The summed E-state index contributed by atoms with van der Waals surface area (Å²) in [6.45, 7) is 9.90. The first-order valence-electron chi connectivity index (χ1n) is 15.0. The van der Waals surface area contributed by atoms with Gasteiger partial charge in [0.25, 0.3) is 5.91 Å². The molecule has 15 heteroatoms. The maximum absolute atomic E-state index is 13.1. The van der Waals surface area contributed by atoms with Crippen molar-refractivity contribution >= 4 is 24.3 Å². The second-order valence-electron chi connectivity index (χ2n) is 10.7. The molecule has 1 fully saturated rings. The summed E-state index contributed by atoms with van der Waals surface area (Å²) < 4.78 is 28.7. The van der Waals surface area contributed by atoms with Gasteiger partial charge in [-0.1, -0.05) is 13.8 Å². The number of ether oxygens (including phenoxy) is 5. The van der Waals surface area contributed by atoms with Gasteiger partial charge in [-0.3, -0.25) is 14.3 Å². The van der Waals surface area contributed by atoms with Crippen molar-refractivity contribution in [3.63, 3.8) is 0 Å². The fourth-order valence-corrected chi connectivity index (χ4v) is 4.68. The van der Waals surface area contributed by atoms with Gasteiger partial charge in [0, 0.05) is 78.0 Å². The van der Waals surface area contributed by atoms with E-state index in [-0.39, 0.29) is 74.4 Å². The third-order valence-electron chi connectivity index (χ3n) is 6.69. The van der Waals surface area contributed by atoms with E-state index in [0.717, 1.165) is 6.42 Å². The number of aryl methyl sites for hydroxylation is 1. The van der Waals surface area contributed by atoms with Gasteiger partial charge in [-0.25, -0.2) is 0 Å². The van der Waals surface area contributed by atoms with Crippen LogP contribution in [0.25, 0.3) is 6.08 Å². The zero-order valence-corrected chi connectivity index (χ0v) is 28.6. The number of aromatic nitrogens is 2. The second kappa shape index (κ2) is 25.1. The maximum Gasteiger partial charge on any atom is 0.264 e. The van der Waals surface area contributed by atoms with E-state index in [1.54, 1.807) is 35.3 Å². The van der Waals surface area contributed by atoms with Crippen LogP contribution in [0.3, 0.4) is 0 Å². The number of hydrogen-bond donors (Lipinski definition) is 2. The molecule has 0 unspecified atom stereocenters. The molecule has 0 saturated carbocycles. The SMILES string of the molecule is CC(C)C[C@@H]1CN(C(=O)/C(C#N)=C/c2ccn(C)n2)C[C@H]1C(=O)NCCOCCOCCOCCOCCOCCN[C-]=O.[Tb]. The maximum atomic E-state index is 13.1. The number of amides is 3. The molecule has 2 N–H and O–H groups in total. The van der Waals surface area contributed by atoms with Crippen LogP contribution in [0.4, 0.5) is 0 Å². The number of rotatable bonds is 24. The van der Waals surface area contributed by atoms with Gasteiger partial charge in [-0.2, -0.15) is 16.8 Å². The van der Waals surface area contributed by atoms with Crippen molar-refractivity contribution < 1.29 is 76.7 Å². The Morgan fingerprint density at radius 2 is 1.56 bits per heavy atom. The molecule has 0 spiro atoms. The zero-order chi connectivity index (χ0) is 32.0. The number of likely N-dealkylation sites (tertiary alicyclic amines) is 1.